The number of amides is 2. The van der Waals surface area contributed by atoms with Crippen molar-refractivity contribution in [2.75, 3.05) is 20.7 Å². The van der Waals surface area contributed by atoms with Gasteiger partial charge in [0, 0.05) is 44.0 Å². The highest BCUT2D eigenvalue weighted by Crippen LogP contribution is 2.39. The Morgan fingerprint density at radius 2 is 1.93 bits per heavy atom. The number of hydrogen-bond acceptors (Lipinski definition) is 7. The van der Waals surface area contributed by atoms with E-state index in [1.807, 2.05) is 48.2 Å². The van der Waals surface area contributed by atoms with E-state index in [-0.39, 0.29) is 35.6 Å². The van der Waals surface area contributed by atoms with Gasteiger partial charge in [0.05, 0.1) is 38.9 Å². The molecule has 0 radical (unpaired) electrons. The standard InChI is InChI=1S/C31H40N4O5SSi/c1-18-13-19-14-20(9-10-23(19)35(18)30(37)32-5)39-25-11-12-33-22-16-26(41-27(22)25)29(36)34-17-21(38-6)15-24(34)28(31(2,3)4)40-42(7)8/h9-14,16,21,24,28,42H,15,17H2,1-8H3,(H,32,37). The number of hydrogen-bond donors (Lipinski definition) is 1. The van der Waals surface area contributed by atoms with Gasteiger partial charge in [0.1, 0.15) is 11.5 Å². The zero-order valence-electron chi connectivity index (χ0n) is 25.6. The lowest BCUT2D eigenvalue weighted by Gasteiger charge is -2.40. The molecule has 1 fully saturated rings. The number of carbonyl (C=O) groups is 2. The van der Waals surface area contributed by atoms with Crippen LogP contribution >= 0.6 is 11.3 Å². The molecule has 4 heterocycles. The summed E-state index contributed by atoms with van der Waals surface area (Å²) in [5, 5.41) is 3.58. The van der Waals surface area contributed by atoms with Crippen LogP contribution in [-0.2, 0) is 9.16 Å². The summed E-state index contributed by atoms with van der Waals surface area (Å²) in [6.45, 7) is 13.3. The Labute approximate surface area is 252 Å². The molecule has 1 aliphatic rings. The number of pyridine rings is 1. The van der Waals surface area contributed by atoms with Gasteiger partial charge in [-0.3, -0.25) is 14.3 Å². The van der Waals surface area contributed by atoms with Crippen LogP contribution in [0.15, 0.2) is 42.6 Å². The van der Waals surface area contributed by atoms with Gasteiger partial charge in [-0.2, -0.15) is 0 Å². The molecule has 0 saturated carbocycles. The number of aryl methyl sites for hydroxylation is 1. The van der Waals surface area contributed by atoms with Crippen molar-refractivity contribution in [3.63, 3.8) is 0 Å². The fourth-order valence-electron chi connectivity index (χ4n) is 5.83. The second-order valence-electron chi connectivity index (χ2n) is 12.2. The number of rotatable bonds is 7. The molecule has 5 rings (SSSR count). The van der Waals surface area contributed by atoms with Crippen molar-refractivity contribution in [1.82, 2.24) is 19.8 Å². The maximum absolute atomic E-state index is 14.1. The molecule has 3 unspecified atom stereocenters. The molecule has 1 saturated heterocycles. The number of nitrogens with zero attached hydrogens (tertiary/aromatic N) is 3. The molecule has 3 aromatic heterocycles. The summed E-state index contributed by atoms with van der Waals surface area (Å²) in [5.41, 5.74) is 2.21. The normalized spacial score (nSPS) is 18.3. The molecule has 2 amide bonds. The first kappa shape index (κ1) is 30.2. The minimum Gasteiger partial charge on any atom is -0.456 e. The first-order chi connectivity index (χ1) is 19.9. The summed E-state index contributed by atoms with van der Waals surface area (Å²) in [6, 6.07) is 11.0. The lowest BCUT2D eigenvalue weighted by atomic mass is 9.83. The van der Waals surface area contributed by atoms with Crippen molar-refractivity contribution >= 4 is 53.4 Å². The third kappa shape index (κ3) is 5.83. The second kappa shape index (κ2) is 11.8. The van der Waals surface area contributed by atoms with Crippen molar-refractivity contribution in [2.24, 2.45) is 5.41 Å². The maximum Gasteiger partial charge on any atom is 0.325 e. The largest absolute Gasteiger partial charge is 0.456 e. The van der Waals surface area contributed by atoms with Crippen molar-refractivity contribution in [3.05, 3.63) is 53.2 Å². The summed E-state index contributed by atoms with van der Waals surface area (Å²) < 4.78 is 21.1. The summed E-state index contributed by atoms with van der Waals surface area (Å²) in [7, 11) is 1.96. The average Bonchev–Trinajstić information content (AvgIpc) is 3.65. The van der Waals surface area contributed by atoms with Crippen LogP contribution in [0.5, 0.6) is 11.5 Å². The van der Waals surface area contributed by atoms with Crippen molar-refractivity contribution < 1.29 is 23.5 Å². The van der Waals surface area contributed by atoms with Gasteiger partial charge in [-0.15, -0.1) is 11.3 Å². The number of fused-ring (bicyclic) bond motifs is 2. The SMILES string of the molecule is CNC(=O)n1c(C)cc2cc(Oc3ccnc4cc(C(=O)N5CC(OC)CC5C(O[SiH](C)C)C(C)(C)C)sc34)ccc21. The van der Waals surface area contributed by atoms with Gasteiger partial charge < -0.3 is 24.1 Å². The van der Waals surface area contributed by atoms with Crippen LogP contribution in [0, 0.1) is 12.3 Å². The molecule has 4 aromatic rings. The third-order valence-corrected chi connectivity index (χ3v) is 9.67. The first-order valence-electron chi connectivity index (χ1n) is 14.3. The Balaban J connectivity index is 1.45. The molecule has 42 heavy (non-hydrogen) atoms. The number of benzene rings is 1. The van der Waals surface area contributed by atoms with E-state index < -0.39 is 9.04 Å². The van der Waals surface area contributed by atoms with Crippen LogP contribution in [0.3, 0.4) is 0 Å². The number of likely N-dealkylation sites (tertiary alicyclic amines) is 1. The molecule has 1 N–H and O–H groups in total. The Kier molecular flexibility index (Phi) is 8.48. The number of carbonyl (C=O) groups excluding carboxylic acids is 2. The molecule has 224 valence electrons. The van der Waals surface area contributed by atoms with E-state index in [1.165, 1.54) is 11.3 Å². The zero-order chi connectivity index (χ0) is 30.3. The summed E-state index contributed by atoms with van der Waals surface area (Å²) >= 11 is 1.39. The molecule has 3 atom stereocenters. The number of aromatic nitrogens is 2. The Morgan fingerprint density at radius 1 is 1.17 bits per heavy atom. The fourth-order valence-corrected chi connectivity index (χ4v) is 8.03. The summed E-state index contributed by atoms with van der Waals surface area (Å²) in [6.07, 6.45) is 2.31. The minimum atomic E-state index is -1.36. The molecule has 1 aliphatic heterocycles. The topological polar surface area (TPSA) is 94.9 Å². The molecule has 11 heteroatoms. The molecule has 9 nitrogen and oxygen atoms in total. The maximum atomic E-state index is 14.1. The molecular weight excluding hydrogens is 569 g/mol. The van der Waals surface area contributed by atoms with Gasteiger partial charge in [-0.05, 0) is 62.2 Å². The van der Waals surface area contributed by atoms with E-state index in [4.69, 9.17) is 13.9 Å². The van der Waals surface area contributed by atoms with Gasteiger partial charge in [0.25, 0.3) is 5.91 Å². The van der Waals surface area contributed by atoms with Gasteiger partial charge in [-0.25, -0.2) is 4.79 Å². The van der Waals surface area contributed by atoms with Gasteiger partial charge in [0.2, 0.25) is 0 Å². The predicted octanol–water partition coefficient (Wildman–Crippen LogP) is 6.18. The molecule has 0 spiro atoms. The van der Waals surface area contributed by atoms with E-state index in [0.29, 0.717) is 28.4 Å². The third-order valence-electron chi connectivity index (χ3n) is 7.71. The average molecular weight is 609 g/mol. The highest BCUT2D eigenvalue weighted by atomic mass is 32.1. The monoisotopic (exact) mass is 608 g/mol. The van der Waals surface area contributed by atoms with Crippen LogP contribution in [0.2, 0.25) is 13.1 Å². The quantitative estimate of drug-likeness (QED) is 0.252. The smallest absolute Gasteiger partial charge is 0.325 e. The van der Waals surface area contributed by atoms with Crippen molar-refractivity contribution in [1.29, 1.82) is 0 Å². The van der Waals surface area contributed by atoms with Crippen LogP contribution in [-0.4, -0.2) is 74.4 Å². The number of nitrogens with one attached hydrogen (secondary N) is 1. The van der Waals surface area contributed by atoms with Crippen molar-refractivity contribution in [3.8, 4) is 11.5 Å². The van der Waals surface area contributed by atoms with E-state index >= 15 is 0 Å². The highest BCUT2D eigenvalue weighted by Gasteiger charge is 2.45. The van der Waals surface area contributed by atoms with Gasteiger partial charge in [-0.1, -0.05) is 20.8 Å². The number of ether oxygens (including phenoxy) is 2. The van der Waals surface area contributed by atoms with Crippen LogP contribution < -0.4 is 10.1 Å². The molecule has 0 bridgehead atoms. The predicted molar refractivity (Wildman–Crippen MR) is 170 cm³/mol. The van der Waals surface area contributed by atoms with Crippen LogP contribution in [0.1, 0.15) is 42.6 Å². The number of thiophene rings is 1. The Hall–Kier alpha value is -3.25. The van der Waals surface area contributed by atoms with Gasteiger partial charge in [0.15, 0.2) is 9.04 Å². The minimum absolute atomic E-state index is 0.0375. The molecule has 0 aliphatic carbocycles. The Morgan fingerprint density at radius 3 is 2.60 bits per heavy atom. The lowest BCUT2D eigenvalue weighted by Crippen LogP contribution is -2.50. The lowest BCUT2D eigenvalue weighted by molar-refractivity contribution is 0.0137. The van der Waals surface area contributed by atoms with Crippen LogP contribution in [0.25, 0.3) is 21.1 Å². The van der Waals surface area contributed by atoms with E-state index in [1.54, 1.807) is 24.9 Å². The zero-order valence-corrected chi connectivity index (χ0v) is 27.5. The van der Waals surface area contributed by atoms with Crippen molar-refractivity contribution in [2.45, 2.75) is 65.5 Å². The first-order valence-corrected chi connectivity index (χ1v) is 17.9. The summed E-state index contributed by atoms with van der Waals surface area (Å²) in [4.78, 5) is 33.5. The van der Waals surface area contributed by atoms with Crippen LogP contribution in [0.4, 0.5) is 4.79 Å². The highest BCUT2D eigenvalue weighted by molar-refractivity contribution is 7.21. The van der Waals surface area contributed by atoms with Gasteiger partial charge >= 0.3 is 6.03 Å². The van der Waals surface area contributed by atoms with E-state index in [2.05, 4.69) is 44.2 Å². The Bertz CT molecular complexity index is 1620. The second-order valence-corrected chi connectivity index (χ2v) is 15.6. The van der Waals surface area contributed by atoms with E-state index in [0.717, 1.165) is 27.7 Å². The summed E-state index contributed by atoms with van der Waals surface area (Å²) in [5.74, 6) is 1.22. The fraction of sp³-hybridized carbons (Fsp3) is 0.452. The molecule has 1 aromatic carbocycles. The van der Waals surface area contributed by atoms with E-state index in [9.17, 15) is 9.59 Å². The number of methoxy groups -OCH3 is 1. The molecular formula is C31H40N4O5SSi.